The molecule has 2 amide bonds. The van der Waals surface area contributed by atoms with E-state index in [0.29, 0.717) is 0 Å². The van der Waals surface area contributed by atoms with Gasteiger partial charge in [-0.3, -0.25) is 0 Å². The lowest BCUT2D eigenvalue weighted by Gasteiger charge is -2.26. The van der Waals surface area contributed by atoms with Crippen molar-refractivity contribution in [3.63, 3.8) is 0 Å². The fraction of sp³-hybridized carbons (Fsp3) is 0.800. The molecule has 86 valence electrons. The molecule has 0 aliphatic heterocycles. The maximum absolute atomic E-state index is 11.4. The van der Waals surface area contributed by atoms with Gasteiger partial charge in [0, 0.05) is 6.04 Å². The normalized spacial score (nSPS) is 19.5. The predicted octanol–water partition coefficient (Wildman–Crippen LogP) is 0.947. The number of rotatable bonds is 4. The SMILES string of the molecule is CC(C)NC(=O)NC(C)(C(=O)O)C1CC1. The second kappa shape index (κ2) is 4.08. The van der Waals surface area contributed by atoms with Crippen molar-refractivity contribution in [1.82, 2.24) is 10.6 Å². The molecule has 1 atom stereocenters. The van der Waals surface area contributed by atoms with E-state index in [0.717, 1.165) is 12.8 Å². The summed E-state index contributed by atoms with van der Waals surface area (Å²) < 4.78 is 0. The summed E-state index contributed by atoms with van der Waals surface area (Å²) >= 11 is 0. The van der Waals surface area contributed by atoms with Crippen LogP contribution in [0.1, 0.15) is 33.6 Å². The van der Waals surface area contributed by atoms with Crippen molar-refractivity contribution in [2.24, 2.45) is 5.92 Å². The molecule has 15 heavy (non-hydrogen) atoms. The number of carboxylic acids is 1. The van der Waals surface area contributed by atoms with Crippen LogP contribution in [0.15, 0.2) is 0 Å². The molecule has 1 unspecified atom stereocenters. The zero-order valence-electron chi connectivity index (χ0n) is 9.33. The standard InChI is InChI=1S/C10H18N2O3/c1-6(2)11-9(15)12-10(3,8(13)14)7-4-5-7/h6-7H,4-5H2,1-3H3,(H,13,14)(H2,11,12,15). The van der Waals surface area contributed by atoms with E-state index in [1.165, 1.54) is 0 Å². The quantitative estimate of drug-likeness (QED) is 0.652. The second-order valence-electron chi connectivity index (χ2n) is 4.53. The molecule has 1 fully saturated rings. The molecule has 0 saturated heterocycles. The molecular weight excluding hydrogens is 196 g/mol. The monoisotopic (exact) mass is 214 g/mol. The largest absolute Gasteiger partial charge is 0.480 e. The Labute approximate surface area is 89.2 Å². The minimum Gasteiger partial charge on any atom is -0.480 e. The van der Waals surface area contributed by atoms with Crippen LogP contribution in [-0.2, 0) is 4.79 Å². The number of nitrogens with one attached hydrogen (secondary N) is 2. The Morgan fingerprint density at radius 1 is 1.40 bits per heavy atom. The van der Waals surface area contributed by atoms with Gasteiger partial charge in [-0.25, -0.2) is 9.59 Å². The van der Waals surface area contributed by atoms with Crippen LogP contribution in [0.2, 0.25) is 0 Å². The van der Waals surface area contributed by atoms with Crippen molar-refractivity contribution >= 4 is 12.0 Å². The molecule has 1 saturated carbocycles. The van der Waals surface area contributed by atoms with Crippen LogP contribution in [0.25, 0.3) is 0 Å². The molecule has 0 aromatic rings. The van der Waals surface area contributed by atoms with E-state index < -0.39 is 17.5 Å². The van der Waals surface area contributed by atoms with E-state index in [9.17, 15) is 9.59 Å². The first-order chi connectivity index (χ1) is 6.86. The summed E-state index contributed by atoms with van der Waals surface area (Å²) in [5, 5.41) is 14.2. The van der Waals surface area contributed by atoms with E-state index in [4.69, 9.17) is 5.11 Å². The van der Waals surface area contributed by atoms with E-state index in [2.05, 4.69) is 10.6 Å². The molecule has 0 spiro atoms. The van der Waals surface area contributed by atoms with Crippen LogP contribution in [0, 0.1) is 5.92 Å². The maximum Gasteiger partial charge on any atom is 0.329 e. The lowest BCUT2D eigenvalue weighted by atomic mass is 9.96. The van der Waals surface area contributed by atoms with Gasteiger partial charge in [-0.2, -0.15) is 0 Å². The molecule has 0 radical (unpaired) electrons. The van der Waals surface area contributed by atoms with Gasteiger partial charge in [0.2, 0.25) is 0 Å². The average molecular weight is 214 g/mol. The van der Waals surface area contributed by atoms with Crippen LogP contribution in [0.4, 0.5) is 4.79 Å². The molecule has 1 aliphatic rings. The summed E-state index contributed by atoms with van der Waals surface area (Å²) in [5.41, 5.74) is -1.13. The first kappa shape index (κ1) is 11.8. The van der Waals surface area contributed by atoms with Crippen LogP contribution < -0.4 is 10.6 Å². The second-order valence-corrected chi connectivity index (χ2v) is 4.53. The number of aliphatic carboxylic acids is 1. The van der Waals surface area contributed by atoms with Crippen molar-refractivity contribution < 1.29 is 14.7 Å². The van der Waals surface area contributed by atoms with Gasteiger partial charge in [-0.15, -0.1) is 0 Å². The van der Waals surface area contributed by atoms with Crippen molar-refractivity contribution in [2.45, 2.75) is 45.2 Å². The third-order valence-electron chi connectivity index (χ3n) is 2.63. The number of amides is 2. The minimum absolute atomic E-state index is 0.00208. The number of carboxylic acid groups (broad SMARTS) is 1. The van der Waals surface area contributed by atoms with E-state index >= 15 is 0 Å². The predicted molar refractivity (Wildman–Crippen MR) is 55.6 cm³/mol. The van der Waals surface area contributed by atoms with Crippen LogP contribution in [0.3, 0.4) is 0 Å². The fourth-order valence-electron chi connectivity index (χ4n) is 1.52. The number of carbonyl (C=O) groups is 2. The third-order valence-corrected chi connectivity index (χ3v) is 2.63. The Kier molecular flexibility index (Phi) is 3.21. The Bertz CT molecular complexity index is 274. The van der Waals surface area contributed by atoms with Gasteiger partial charge in [-0.05, 0) is 39.5 Å². The third kappa shape index (κ3) is 2.84. The molecule has 0 bridgehead atoms. The Hall–Kier alpha value is -1.26. The van der Waals surface area contributed by atoms with Crippen LogP contribution in [-0.4, -0.2) is 28.7 Å². The highest BCUT2D eigenvalue weighted by Gasteiger charge is 2.48. The molecule has 0 aromatic heterocycles. The average Bonchev–Trinajstić information content (AvgIpc) is 2.82. The lowest BCUT2D eigenvalue weighted by molar-refractivity contribution is -0.144. The minimum atomic E-state index is -1.13. The Morgan fingerprint density at radius 3 is 2.27 bits per heavy atom. The molecule has 0 aromatic carbocycles. The molecule has 5 heteroatoms. The Balaban J connectivity index is 2.59. The molecule has 5 nitrogen and oxygen atoms in total. The fourth-order valence-corrected chi connectivity index (χ4v) is 1.52. The summed E-state index contributed by atoms with van der Waals surface area (Å²) in [6.07, 6.45) is 1.73. The van der Waals surface area contributed by atoms with Crippen LogP contribution in [0.5, 0.6) is 0 Å². The van der Waals surface area contributed by atoms with Gasteiger partial charge in [0.25, 0.3) is 0 Å². The van der Waals surface area contributed by atoms with Crippen molar-refractivity contribution in [2.75, 3.05) is 0 Å². The number of hydrogen-bond acceptors (Lipinski definition) is 2. The highest BCUT2D eigenvalue weighted by molar-refractivity contribution is 5.86. The zero-order chi connectivity index (χ0) is 11.6. The van der Waals surface area contributed by atoms with Gasteiger partial charge < -0.3 is 15.7 Å². The summed E-state index contributed by atoms with van der Waals surface area (Å²) in [6, 6.07) is -0.413. The summed E-state index contributed by atoms with van der Waals surface area (Å²) in [4.78, 5) is 22.5. The van der Waals surface area contributed by atoms with Gasteiger partial charge in [0.15, 0.2) is 0 Å². The van der Waals surface area contributed by atoms with Crippen molar-refractivity contribution in [3.05, 3.63) is 0 Å². The van der Waals surface area contributed by atoms with Gasteiger partial charge in [0.05, 0.1) is 0 Å². The number of urea groups is 1. The molecule has 1 aliphatic carbocycles. The summed E-state index contributed by atoms with van der Waals surface area (Å²) in [5.74, 6) is -0.906. The summed E-state index contributed by atoms with van der Waals surface area (Å²) in [6.45, 7) is 5.22. The molecule has 0 heterocycles. The van der Waals surface area contributed by atoms with Gasteiger partial charge in [-0.1, -0.05) is 0 Å². The maximum atomic E-state index is 11.4. The first-order valence-corrected chi connectivity index (χ1v) is 5.18. The zero-order valence-corrected chi connectivity index (χ0v) is 9.33. The highest BCUT2D eigenvalue weighted by atomic mass is 16.4. The Morgan fingerprint density at radius 2 is 1.93 bits per heavy atom. The van der Waals surface area contributed by atoms with Gasteiger partial charge >= 0.3 is 12.0 Å². The van der Waals surface area contributed by atoms with E-state index in [1.54, 1.807) is 6.92 Å². The van der Waals surface area contributed by atoms with Crippen LogP contribution >= 0.6 is 0 Å². The first-order valence-electron chi connectivity index (χ1n) is 5.18. The number of carbonyl (C=O) groups excluding carboxylic acids is 1. The van der Waals surface area contributed by atoms with Crippen molar-refractivity contribution in [3.8, 4) is 0 Å². The molecular formula is C10H18N2O3. The van der Waals surface area contributed by atoms with E-state index in [1.807, 2.05) is 13.8 Å². The topological polar surface area (TPSA) is 78.4 Å². The summed E-state index contributed by atoms with van der Waals surface area (Å²) in [7, 11) is 0. The number of hydrogen-bond donors (Lipinski definition) is 3. The van der Waals surface area contributed by atoms with E-state index in [-0.39, 0.29) is 12.0 Å². The smallest absolute Gasteiger partial charge is 0.329 e. The molecule has 3 N–H and O–H groups in total. The van der Waals surface area contributed by atoms with Crippen molar-refractivity contribution in [1.29, 1.82) is 0 Å². The molecule has 1 rings (SSSR count). The van der Waals surface area contributed by atoms with Gasteiger partial charge in [0.1, 0.15) is 5.54 Å². The highest BCUT2D eigenvalue weighted by Crippen LogP contribution is 2.39. The lowest BCUT2D eigenvalue weighted by Crippen LogP contribution is -2.57.